The zero-order valence-corrected chi connectivity index (χ0v) is 15.4. The Kier molecular flexibility index (Phi) is 4.40. The van der Waals surface area contributed by atoms with E-state index in [1.807, 2.05) is 24.3 Å². The maximum absolute atomic E-state index is 6.37. The average Bonchev–Trinajstić information content (AvgIpc) is 2.66. The molecule has 1 unspecified atom stereocenters. The van der Waals surface area contributed by atoms with Crippen molar-refractivity contribution in [3.05, 3.63) is 112 Å². The van der Waals surface area contributed by atoms with Gasteiger partial charge in [-0.3, -0.25) is 0 Å². The molecule has 0 bridgehead atoms. The van der Waals surface area contributed by atoms with Crippen LogP contribution in [0.2, 0.25) is 5.02 Å². The normalized spacial score (nSPS) is 12.2. The van der Waals surface area contributed by atoms with Gasteiger partial charge in [0.25, 0.3) is 0 Å². The highest BCUT2D eigenvalue weighted by Crippen LogP contribution is 2.39. The summed E-state index contributed by atoms with van der Waals surface area (Å²) in [6.45, 7) is 2.17. The van der Waals surface area contributed by atoms with Crippen LogP contribution in [0.4, 0.5) is 5.69 Å². The predicted octanol–water partition coefficient (Wildman–Crippen LogP) is 6.56. The summed E-state index contributed by atoms with van der Waals surface area (Å²) < 4.78 is 0. The molecular weight excluding hydrogens is 338 g/mol. The molecule has 0 amide bonds. The zero-order chi connectivity index (χ0) is 18.1. The third-order valence-corrected chi connectivity index (χ3v) is 5.17. The Morgan fingerprint density at radius 3 is 2.12 bits per heavy atom. The Morgan fingerprint density at radius 2 is 1.38 bits per heavy atom. The van der Waals surface area contributed by atoms with Crippen molar-refractivity contribution in [3.63, 3.8) is 0 Å². The van der Waals surface area contributed by atoms with Gasteiger partial charge in [0.15, 0.2) is 0 Å². The van der Waals surface area contributed by atoms with Crippen molar-refractivity contribution >= 4 is 28.1 Å². The van der Waals surface area contributed by atoms with E-state index in [2.05, 4.69) is 67.6 Å². The van der Waals surface area contributed by atoms with Crippen LogP contribution in [0.15, 0.2) is 84.9 Å². The van der Waals surface area contributed by atoms with Gasteiger partial charge >= 0.3 is 0 Å². The van der Waals surface area contributed by atoms with Crippen molar-refractivity contribution in [3.8, 4) is 0 Å². The summed E-state index contributed by atoms with van der Waals surface area (Å²) in [5, 5.41) is 3.18. The van der Waals surface area contributed by atoms with Crippen molar-refractivity contribution in [1.82, 2.24) is 0 Å². The quantitative estimate of drug-likeness (QED) is 0.326. The number of fused-ring (bicyclic) bond motifs is 1. The number of hydrogen-bond donors (Lipinski definition) is 1. The fourth-order valence-corrected chi connectivity index (χ4v) is 3.83. The largest absolute Gasteiger partial charge is 0.398 e. The molecule has 0 aliphatic rings. The molecule has 0 radical (unpaired) electrons. The van der Waals surface area contributed by atoms with Crippen LogP contribution in [0.3, 0.4) is 0 Å². The standard InChI is InChI=1S/C24H20ClN/c1-16-13-18-9-5-6-10-19(18)14-21(16)24(17-7-3-2-4-8-17)22-15-20(25)11-12-23(22)26/h2-15,24H,26H2,1H3. The highest BCUT2D eigenvalue weighted by Gasteiger charge is 2.21. The van der Waals surface area contributed by atoms with Gasteiger partial charge in [0.05, 0.1) is 0 Å². The second-order valence-electron chi connectivity index (χ2n) is 6.67. The molecule has 1 nitrogen and oxygen atoms in total. The first-order valence-corrected chi connectivity index (χ1v) is 9.10. The van der Waals surface area contributed by atoms with Gasteiger partial charge in [-0.2, -0.15) is 0 Å². The maximum atomic E-state index is 6.37. The summed E-state index contributed by atoms with van der Waals surface area (Å²) in [7, 11) is 0. The Balaban J connectivity index is 2.00. The van der Waals surface area contributed by atoms with Crippen molar-refractivity contribution in [2.45, 2.75) is 12.8 Å². The molecule has 4 aromatic carbocycles. The van der Waals surface area contributed by atoms with Crippen LogP contribution in [0.1, 0.15) is 28.2 Å². The van der Waals surface area contributed by atoms with Crippen molar-refractivity contribution in [1.29, 1.82) is 0 Å². The molecule has 1 atom stereocenters. The maximum Gasteiger partial charge on any atom is 0.0410 e. The third kappa shape index (κ3) is 3.07. The molecule has 128 valence electrons. The number of benzene rings is 4. The second kappa shape index (κ2) is 6.86. The van der Waals surface area contributed by atoms with Crippen LogP contribution in [0, 0.1) is 6.92 Å². The van der Waals surface area contributed by atoms with E-state index < -0.39 is 0 Å². The Bertz CT molecular complexity index is 1070. The van der Waals surface area contributed by atoms with Gasteiger partial charge in [0.2, 0.25) is 0 Å². The van der Waals surface area contributed by atoms with E-state index in [-0.39, 0.29) is 5.92 Å². The number of halogens is 1. The number of nitrogens with two attached hydrogens (primary N) is 1. The molecule has 0 heterocycles. The lowest BCUT2D eigenvalue weighted by molar-refractivity contribution is 0.969. The monoisotopic (exact) mass is 357 g/mol. The van der Waals surface area contributed by atoms with Gasteiger partial charge in [-0.1, -0.05) is 72.3 Å². The van der Waals surface area contributed by atoms with Crippen LogP contribution in [-0.2, 0) is 0 Å². The molecule has 4 aromatic rings. The molecule has 26 heavy (non-hydrogen) atoms. The third-order valence-electron chi connectivity index (χ3n) is 4.94. The van der Waals surface area contributed by atoms with E-state index in [1.165, 1.54) is 27.5 Å². The topological polar surface area (TPSA) is 26.0 Å². The molecule has 0 aliphatic heterocycles. The summed E-state index contributed by atoms with van der Waals surface area (Å²) in [6.07, 6.45) is 0. The SMILES string of the molecule is Cc1cc2ccccc2cc1C(c1ccccc1)c1cc(Cl)ccc1N. The number of rotatable bonds is 3. The van der Waals surface area contributed by atoms with Crippen LogP contribution in [0.5, 0.6) is 0 Å². The lowest BCUT2D eigenvalue weighted by atomic mass is 9.81. The van der Waals surface area contributed by atoms with E-state index in [0.29, 0.717) is 5.02 Å². The Morgan fingerprint density at radius 1 is 0.731 bits per heavy atom. The van der Waals surface area contributed by atoms with Gasteiger partial charge < -0.3 is 5.73 Å². The van der Waals surface area contributed by atoms with Crippen LogP contribution in [0.25, 0.3) is 10.8 Å². The summed E-state index contributed by atoms with van der Waals surface area (Å²) in [4.78, 5) is 0. The smallest absolute Gasteiger partial charge is 0.0410 e. The fourth-order valence-electron chi connectivity index (χ4n) is 3.65. The van der Waals surface area contributed by atoms with Gasteiger partial charge in [0, 0.05) is 16.6 Å². The van der Waals surface area contributed by atoms with Gasteiger partial charge in [-0.05, 0) is 64.2 Å². The van der Waals surface area contributed by atoms with Gasteiger partial charge in [-0.15, -0.1) is 0 Å². The predicted molar refractivity (Wildman–Crippen MR) is 112 cm³/mol. The van der Waals surface area contributed by atoms with Crippen molar-refractivity contribution in [2.24, 2.45) is 0 Å². The van der Waals surface area contributed by atoms with Crippen molar-refractivity contribution in [2.75, 3.05) is 5.73 Å². The summed E-state index contributed by atoms with van der Waals surface area (Å²) in [6, 6.07) is 29.2. The van der Waals surface area contributed by atoms with Crippen LogP contribution < -0.4 is 5.73 Å². The highest BCUT2D eigenvalue weighted by atomic mass is 35.5. The van der Waals surface area contributed by atoms with E-state index in [1.54, 1.807) is 0 Å². The van der Waals surface area contributed by atoms with E-state index in [0.717, 1.165) is 11.3 Å². The van der Waals surface area contributed by atoms with Crippen LogP contribution in [-0.4, -0.2) is 0 Å². The first kappa shape index (κ1) is 16.7. The fraction of sp³-hybridized carbons (Fsp3) is 0.0833. The number of aryl methyl sites for hydroxylation is 1. The average molecular weight is 358 g/mol. The van der Waals surface area contributed by atoms with Crippen LogP contribution >= 0.6 is 11.6 Å². The minimum absolute atomic E-state index is 0.0412. The molecular formula is C24H20ClN. The first-order valence-electron chi connectivity index (χ1n) is 8.72. The molecule has 0 fully saturated rings. The molecule has 0 aromatic heterocycles. The Labute approximate surface area is 159 Å². The molecule has 0 aliphatic carbocycles. The van der Waals surface area contributed by atoms with Crippen molar-refractivity contribution < 1.29 is 0 Å². The molecule has 4 rings (SSSR count). The number of nitrogen functional groups attached to an aromatic ring is 1. The molecule has 2 heteroatoms. The summed E-state index contributed by atoms with van der Waals surface area (Å²) in [5.41, 5.74) is 11.9. The first-order chi connectivity index (χ1) is 12.6. The van der Waals surface area contributed by atoms with E-state index >= 15 is 0 Å². The summed E-state index contributed by atoms with van der Waals surface area (Å²) >= 11 is 6.32. The molecule has 0 saturated carbocycles. The van der Waals surface area contributed by atoms with E-state index in [9.17, 15) is 0 Å². The Hall–Kier alpha value is -2.77. The minimum atomic E-state index is 0.0412. The summed E-state index contributed by atoms with van der Waals surface area (Å²) in [5.74, 6) is 0.0412. The highest BCUT2D eigenvalue weighted by molar-refractivity contribution is 6.30. The zero-order valence-electron chi connectivity index (χ0n) is 14.6. The molecule has 0 spiro atoms. The lowest BCUT2D eigenvalue weighted by Gasteiger charge is -2.23. The number of hydrogen-bond acceptors (Lipinski definition) is 1. The minimum Gasteiger partial charge on any atom is -0.398 e. The molecule has 2 N–H and O–H groups in total. The number of anilines is 1. The van der Waals surface area contributed by atoms with Gasteiger partial charge in [-0.25, -0.2) is 0 Å². The lowest BCUT2D eigenvalue weighted by Crippen LogP contribution is -2.08. The van der Waals surface area contributed by atoms with Gasteiger partial charge in [0.1, 0.15) is 0 Å². The second-order valence-corrected chi connectivity index (χ2v) is 7.11. The molecule has 0 saturated heterocycles. The van der Waals surface area contributed by atoms with E-state index in [4.69, 9.17) is 17.3 Å².